The Kier molecular flexibility index (Phi) is 7.06. The first-order chi connectivity index (χ1) is 34.3. The first kappa shape index (κ1) is 36.9. The molecule has 3 heterocycles. The molecule has 7 aromatic rings. The zero-order valence-electron chi connectivity index (χ0n) is 47.0. The molecule has 0 N–H and O–H groups in total. The van der Waals surface area contributed by atoms with E-state index in [4.69, 9.17) is 4.11 Å². The molecular weight excluding hydrogens is 840 g/mol. The van der Waals surface area contributed by atoms with Crippen molar-refractivity contribution in [3.05, 3.63) is 148 Å². The molecule has 4 bridgehead atoms. The highest BCUT2D eigenvalue weighted by Crippen LogP contribution is 2.64. The van der Waals surface area contributed by atoms with E-state index in [9.17, 15) is 2.74 Å². The van der Waals surface area contributed by atoms with Crippen LogP contribution < -0.4 is 25.5 Å². The highest BCUT2D eigenvalue weighted by Gasteiger charge is 2.56. The quantitative estimate of drug-likeness (QED) is 0.163. The average Bonchev–Trinajstić information content (AvgIpc) is 4.09. The van der Waals surface area contributed by atoms with Crippen LogP contribution >= 0.6 is 11.3 Å². The Labute approximate surface area is 417 Å². The number of thiophene rings is 1. The van der Waals surface area contributed by atoms with Gasteiger partial charge in [0, 0.05) is 43.3 Å². The van der Waals surface area contributed by atoms with Crippen LogP contribution in [-0.2, 0) is 37.9 Å². The number of hydrogen-bond acceptors (Lipinski definition) is 3. The Morgan fingerprint density at radius 2 is 1.09 bits per heavy atom. The summed E-state index contributed by atoms with van der Waals surface area (Å²) in [5.41, 5.74) is 20.4. The Morgan fingerprint density at radius 1 is 0.529 bits per heavy atom. The maximum atomic E-state index is 9.53. The van der Waals surface area contributed by atoms with Gasteiger partial charge in [-0.3, -0.25) is 0 Å². The SMILES string of the molecule is [2H]c1c([2H])c([2H])c(-c2cc3c4c(c2)N(c2ccc5c(c2)C(C)(C)CCC5(C)C)c2c(sc5cc6c(cc25)C2(C)CCC6(C)C2)B4c2cc4c(cc2N3c2ccc(C(C)(C)C)cc2)C2(C)CCC4(C)C2)c([2H])c1[2H]. The van der Waals surface area contributed by atoms with E-state index in [-0.39, 0.29) is 80.4 Å². The summed E-state index contributed by atoms with van der Waals surface area (Å²) >= 11 is 1.99. The normalized spacial score (nSPS) is 28.3. The molecule has 4 heteroatoms. The lowest BCUT2D eigenvalue weighted by Crippen LogP contribution is -2.60. The predicted octanol–water partition coefficient (Wildman–Crippen LogP) is 15.7. The van der Waals surface area contributed by atoms with Crippen molar-refractivity contribution < 1.29 is 6.85 Å². The van der Waals surface area contributed by atoms with E-state index in [2.05, 4.69) is 165 Å². The molecule has 14 rings (SSSR count). The van der Waals surface area contributed by atoms with Gasteiger partial charge >= 0.3 is 0 Å². The topological polar surface area (TPSA) is 6.48 Å². The van der Waals surface area contributed by atoms with Crippen molar-refractivity contribution in [2.45, 2.75) is 165 Å². The molecule has 6 aromatic carbocycles. The summed E-state index contributed by atoms with van der Waals surface area (Å²) in [6.07, 6.45) is 9.35. The van der Waals surface area contributed by atoms with Gasteiger partial charge in [0.15, 0.2) is 0 Å². The molecule has 2 saturated carbocycles. The van der Waals surface area contributed by atoms with Crippen LogP contribution in [0.3, 0.4) is 0 Å². The molecule has 1 aromatic heterocycles. The third-order valence-corrected chi connectivity index (χ3v) is 20.6. The number of fused-ring (bicyclic) bond motifs is 17. The molecule has 0 saturated heterocycles. The smallest absolute Gasteiger partial charge is 0.264 e. The molecule has 2 nitrogen and oxygen atoms in total. The van der Waals surface area contributed by atoms with Crippen molar-refractivity contribution in [2.24, 2.45) is 0 Å². The number of hydrogen-bond donors (Lipinski definition) is 0. The Morgan fingerprint density at radius 3 is 1.72 bits per heavy atom. The second kappa shape index (κ2) is 13.0. The molecule has 5 aliphatic carbocycles. The van der Waals surface area contributed by atoms with Crippen molar-refractivity contribution in [2.75, 3.05) is 9.80 Å². The van der Waals surface area contributed by atoms with Gasteiger partial charge in [-0.15, -0.1) is 11.3 Å². The highest BCUT2D eigenvalue weighted by molar-refractivity contribution is 7.33. The molecule has 4 unspecified atom stereocenters. The van der Waals surface area contributed by atoms with E-state index in [0.717, 1.165) is 42.0 Å². The zero-order chi connectivity index (χ0) is 51.2. The summed E-state index contributed by atoms with van der Waals surface area (Å²) in [5, 5.41) is 1.29. The maximum absolute atomic E-state index is 9.53. The van der Waals surface area contributed by atoms with E-state index in [1.165, 1.54) is 108 Å². The molecule has 68 heavy (non-hydrogen) atoms. The minimum atomic E-state index is -0.377. The van der Waals surface area contributed by atoms with Crippen molar-refractivity contribution >= 4 is 78.0 Å². The van der Waals surface area contributed by atoms with E-state index < -0.39 is 0 Å². The van der Waals surface area contributed by atoms with Gasteiger partial charge in [0.1, 0.15) is 0 Å². The lowest BCUT2D eigenvalue weighted by molar-refractivity contribution is 0.332. The number of nitrogens with zero attached hydrogens (tertiary/aromatic N) is 2. The van der Waals surface area contributed by atoms with E-state index in [1.54, 1.807) is 0 Å². The lowest BCUT2D eigenvalue weighted by atomic mass is 9.35. The van der Waals surface area contributed by atoms with Crippen LogP contribution in [0, 0.1) is 0 Å². The van der Waals surface area contributed by atoms with Crippen LogP contribution in [0.4, 0.5) is 34.1 Å². The fourth-order valence-corrected chi connectivity index (χ4v) is 16.9. The molecule has 2 fully saturated rings. The summed E-state index contributed by atoms with van der Waals surface area (Å²) in [5.74, 6) is 0. The molecule has 342 valence electrons. The molecule has 2 aliphatic heterocycles. The van der Waals surface area contributed by atoms with Gasteiger partial charge in [-0.2, -0.15) is 0 Å². The van der Waals surface area contributed by atoms with E-state index >= 15 is 0 Å². The number of rotatable bonds is 3. The van der Waals surface area contributed by atoms with Gasteiger partial charge in [-0.1, -0.05) is 131 Å². The van der Waals surface area contributed by atoms with Gasteiger partial charge in [0.25, 0.3) is 6.71 Å². The second-order valence-corrected chi connectivity index (χ2v) is 27.2. The van der Waals surface area contributed by atoms with E-state index in [1.807, 2.05) is 11.3 Å². The summed E-state index contributed by atoms with van der Waals surface area (Å²) in [4.78, 5) is 5.05. The molecule has 0 radical (unpaired) electrons. The molecule has 7 aliphatic rings. The minimum Gasteiger partial charge on any atom is -0.311 e. The standard InChI is InChI=1S/C64H67BN2S/c1-58(2,3)40-17-19-41(20-18-40)66-51-34-48-47(62(9)26-27-63(48,10)37-62)33-50(51)65-55-52(66)29-39(38-15-13-12-14-16-38)30-53(55)67(42-21-22-44-45(31-42)60(6,7)24-23-59(44,4)5)56-43-32-46-49(35-54(43)68-57(56)65)64(11)28-25-61(46,8)36-64/h12-22,29-35H,23-28,36-37H2,1-11H3/i12D,13D,14D,15D,16D. The third kappa shape index (κ3) is 5.42. The lowest BCUT2D eigenvalue weighted by Gasteiger charge is -2.45. The fraction of sp³-hybridized carbons (Fsp3) is 0.406. The minimum absolute atomic E-state index is 0.0300. The van der Waals surface area contributed by atoms with Crippen molar-refractivity contribution in [3.63, 3.8) is 0 Å². The largest absolute Gasteiger partial charge is 0.311 e. The average molecular weight is 912 g/mol. The molecule has 4 atom stereocenters. The summed E-state index contributed by atoms with van der Waals surface area (Å²) in [6.45, 7) is 26.3. The van der Waals surface area contributed by atoms with Crippen LogP contribution in [0.25, 0.3) is 21.2 Å². The Bertz CT molecular complexity index is 3650. The van der Waals surface area contributed by atoms with Crippen LogP contribution in [-0.4, -0.2) is 6.71 Å². The van der Waals surface area contributed by atoms with Crippen molar-refractivity contribution in [3.8, 4) is 11.1 Å². The molecule has 0 spiro atoms. The van der Waals surface area contributed by atoms with Crippen LogP contribution in [0.15, 0.2) is 109 Å². The first-order valence-electron chi connectivity index (χ1n) is 28.2. The first-order valence-corrected chi connectivity index (χ1v) is 26.5. The number of anilines is 6. The summed E-state index contributed by atoms with van der Waals surface area (Å²) in [7, 11) is 0. The zero-order valence-corrected chi connectivity index (χ0v) is 42.9. The van der Waals surface area contributed by atoms with Gasteiger partial charge in [0.05, 0.1) is 12.5 Å². The number of benzene rings is 6. The Balaban J connectivity index is 1.15. The molecule has 0 amide bonds. The van der Waals surface area contributed by atoms with Gasteiger partial charge in [-0.25, -0.2) is 0 Å². The van der Waals surface area contributed by atoms with Gasteiger partial charge in [0.2, 0.25) is 0 Å². The van der Waals surface area contributed by atoms with Crippen molar-refractivity contribution in [1.82, 2.24) is 0 Å². The highest BCUT2D eigenvalue weighted by atomic mass is 32.1. The van der Waals surface area contributed by atoms with Gasteiger partial charge < -0.3 is 9.80 Å². The Hall–Kier alpha value is -5.06. The third-order valence-electron chi connectivity index (χ3n) is 19.4. The van der Waals surface area contributed by atoms with Gasteiger partial charge in [-0.05, 0) is 205 Å². The summed E-state index contributed by atoms with van der Waals surface area (Å²) in [6, 6.07) is 29.8. The molecular formula is C64H67BN2S. The van der Waals surface area contributed by atoms with Crippen LogP contribution in [0.2, 0.25) is 0 Å². The van der Waals surface area contributed by atoms with Crippen LogP contribution in [0.1, 0.15) is 173 Å². The van der Waals surface area contributed by atoms with Crippen LogP contribution in [0.5, 0.6) is 0 Å². The summed E-state index contributed by atoms with van der Waals surface area (Å²) < 4.78 is 48.4. The predicted molar refractivity (Wildman–Crippen MR) is 292 cm³/mol. The van der Waals surface area contributed by atoms with E-state index in [0.29, 0.717) is 5.56 Å². The monoisotopic (exact) mass is 912 g/mol. The fourth-order valence-electron chi connectivity index (χ4n) is 15.6. The maximum Gasteiger partial charge on any atom is 0.264 e. The van der Waals surface area contributed by atoms with Crippen molar-refractivity contribution in [1.29, 1.82) is 0 Å². The second-order valence-electron chi connectivity index (χ2n) is 26.1.